The fourth-order valence-electron chi connectivity index (χ4n) is 3.90. The van der Waals surface area contributed by atoms with Gasteiger partial charge in [0.25, 0.3) is 0 Å². The average molecular weight is 532 g/mol. The summed E-state index contributed by atoms with van der Waals surface area (Å²) in [5, 5.41) is 6.09. The maximum Gasteiger partial charge on any atom is 0.225 e. The fourth-order valence-corrected chi connectivity index (χ4v) is 3.99. The zero-order valence-electron chi connectivity index (χ0n) is 24.0. The average Bonchev–Trinajstić information content (AvgIpc) is 3.06. The number of hydrogen-bond acceptors (Lipinski definition) is 6. The zero-order valence-corrected chi connectivity index (χ0v) is 24.9. The first-order chi connectivity index (χ1) is 15.8. The Morgan fingerprint density at radius 1 is 0.806 bits per heavy atom. The molecule has 2 N–H and O–H groups in total. The van der Waals surface area contributed by atoms with Gasteiger partial charge in [0.1, 0.15) is 0 Å². The Morgan fingerprint density at radius 3 is 1.61 bits per heavy atom. The Morgan fingerprint density at radius 2 is 1.22 bits per heavy atom. The van der Waals surface area contributed by atoms with E-state index < -0.39 is 0 Å². The molecule has 1 heterocycles. The third-order valence-electron chi connectivity index (χ3n) is 6.33. The van der Waals surface area contributed by atoms with Gasteiger partial charge in [-0.05, 0) is 59.4 Å². The normalized spacial score (nSPS) is 19.6. The smallest absolute Gasteiger partial charge is 0.225 e. The van der Waals surface area contributed by atoms with E-state index in [0.717, 1.165) is 6.42 Å². The number of rotatable bonds is 14. The van der Waals surface area contributed by atoms with Crippen LogP contribution in [0.4, 0.5) is 0 Å². The van der Waals surface area contributed by atoms with Gasteiger partial charge in [-0.25, -0.2) is 0 Å². The molecule has 1 aliphatic heterocycles. The first-order valence-corrected chi connectivity index (χ1v) is 13.5. The van der Waals surface area contributed by atoms with Gasteiger partial charge in [-0.15, -0.1) is 0 Å². The van der Waals surface area contributed by atoms with E-state index in [-0.39, 0.29) is 52.4 Å². The van der Waals surface area contributed by atoms with Crippen molar-refractivity contribution in [2.75, 3.05) is 46.4 Å². The molecule has 0 aromatic heterocycles. The summed E-state index contributed by atoms with van der Waals surface area (Å²) >= 11 is 4.54. The molecule has 1 aliphatic rings. The Labute approximate surface area is 227 Å². The lowest BCUT2D eigenvalue weighted by atomic mass is 9.93. The van der Waals surface area contributed by atoms with E-state index in [1.54, 1.807) is 0 Å². The lowest BCUT2D eigenvalue weighted by Crippen LogP contribution is -2.44. The number of nitrogens with one attached hydrogen (secondary N) is 2. The maximum absolute atomic E-state index is 13.0. The van der Waals surface area contributed by atoms with E-state index in [9.17, 15) is 9.59 Å². The Kier molecular flexibility index (Phi) is 14.0. The first kappa shape index (κ1) is 35.2. The molecule has 0 aromatic carbocycles. The van der Waals surface area contributed by atoms with Crippen molar-refractivity contribution in [1.82, 2.24) is 15.5 Å². The van der Waals surface area contributed by atoms with Crippen molar-refractivity contribution >= 4 is 24.4 Å². The molecule has 1 saturated heterocycles. The number of ether oxygens (including phenoxy) is 2. The van der Waals surface area contributed by atoms with E-state index >= 15 is 0 Å². The topological polar surface area (TPSA) is 79.9 Å². The summed E-state index contributed by atoms with van der Waals surface area (Å²) in [5.41, 5.74) is -0.557. The highest BCUT2D eigenvalue weighted by molar-refractivity contribution is 7.81. The van der Waals surface area contributed by atoms with Crippen LogP contribution in [0.2, 0.25) is 0 Å². The van der Waals surface area contributed by atoms with Gasteiger partial charge in [-0.1, -0.05) is 42.0 Å². The number of thiol groups is 1. The lowest BCUT2D eigenvalue weighted by Gasteiger charge is -2.30. The van der Waals surface area contributed by atoms with E-state index in [1.807, 2.05) is 20.9 Å². The number of amides is 2. The van der Waals surface area contributed by atoms with Crippen molar-refractivity contribution in [1.29, 1.82) is 0 Å². The highest BCUT2D eigenvalue weighted by atomic mass is 32.1. The van der Waals surface area contributed by atoms with Crippen molar-refractivity contribution in [2.24, 2.45) is 17.3 Å². The van der Waals surface area contributed by atoms with Crippen LogP contribution in [0, 0.1) is 17.3 Å². The Bertz CT molecular complexity index is 683. The van der Waals surface area contributed by atoms with Crippen molar-refractivity contribution in [3.63, 3.8) is 0 Å². The summed E-state index contributed by atoms with van der Waals surface area (Å²) in [4.78, 5) is 28.0. The standard InChI is InChI=1S/C27H53N3O4S.CH4/c1-24(2,3)19-34-26(6,7)12-15-29-23(32)21-18-30(10)17-20(21)22(31)28-14-11-25(4,5)33-16-13-27(8,9)35;/h20-21,35H,11-19H2,1-10H3,(H,28,31)(H,29,32);1H4. The van der Waals surface area contributed by atoms with Gasteiger partial charge >= 0.3 is 0 Å². The fraction of sp³-hybridized carbons (Fsp3) is 0.929. The van der Waals surface area contributed by atoms with Crippen LogP contribution < -0.4 is 10.6 Å². The molecule has 7 nitrogen and oxygen atoms in total. The molecular weight excluding hydrogens is 474 g/mol. The quantitative estimate of drug-likeness (QED) is 0.287. The van der Waals surface area contributed by atoms with E-state index in [4.69, 9.17) is 9.47 Å². The van der Waals surface area contributed by atoms with E-state index in [2.05, 4.69) is 76.6 Å². The number of hydrogen-bond donors (Lipinski definition) is 3. The van der Waals surface area contributed by atoms with Crippen LogP contribution in [0.15, 0.2) is 0 Å². The highest BCUT2D eigenvalue weighted by Gasteiger charge is 2.40. The van der Waals surface area contributed by atoms with Crippen LogP contribution in [0.5, 0.6) is 0 Å². The molecule has 0 aliphatic carbocycles. The van der Waals surface area contributed by atoms with Crippen LogP contribution in [0.1, 0.15) is 89.0 Å². The second-order valence-electron chi connectivity index (χ2n) is 13.3. The van der Waals surface area contributed by atoms with Crippen LogP contribution >= 0.6 is 12.6 Å². The number of nitrogens with zero attached hydrogens (tertiary/aromatic N) is 1. The minimum absolute atomic E-state index is 0. The molecule has 8 heteroatoms. The van der Waals surface area contributed by atoms with Crippen molar-refractivity contribution in [2.45, 2.75) is 105 Å². The zero-order chi connectivity index (χ0) is 27.1. The third-order valence-corrected chi connectivity index (χ3v) is 6.55. The molecule has 214 valence electrons. The van der Waals surface area contributed by atoms with Crippen LogP contribution in [0.25, 0.3) is 0 Å². The van der Waals surface area contributed by atoms with E-state index in [1.165, 1.54) is 0 Å². The minimum atomic E-state index is -0.348. The van der Waals surface area contributed by atoms with Crippen LogP contribution in [0.3, 0.4) is 0 Å². The molecule has 0 bridgehead atoms. The Hall–Kier alpha value is -0.830. The molecule has 2 amide bonds. The number of carbonyl (C=O) groups excluding carboxylic acids is 2. The molecule has 0 radical (unpaired) electrons. The largest absolute Gasteiger partial charge is 0.375 e. The first-order valence-electron chi connectivity index (χ1n) is 13.0. The molecule has 1 fully saturated rings. The van der Waals surface area contributed by atoms with Crippen LogP contribution in [-0.4, -0.2) is 79.1 Å². The Balaban J connectivity index is 0.0000122. The molecular formula is C28H57N3O4S. The maximum atomic E-state index is 13.0. The van der Waals surface area contributed by atoms with Gasteiger partial charge in [0.05, 0.1) is 29.6 Å². The predicted molar refractivity (Wildman–Crippen MR) is 154 cm³/mol. The highest BCUT2D eigenvalue weighted by Crippen LogP contribution is 2.25. The van der Waals surface area contributed by atoms with Crippen LogP contribution in [-0.2, 0) is 19.1 Å². The summed E-state index contributed by atoms with van der Waals surface area (Å²) in [6, 6.07) is 0. The van der Waals surface area contributed by atoms with E-state index in [0.29, 0.717) is 52.2 Å². The summed E-state index contributed by atoms with van der Waals surface area (Å²) in [6.07, 6.45) is 2.28. The molecule has 36 heavy (non-hydrogen) atoms. The van der Waals surface area contributed by atoms with Gasteiger partial charge in [0.15, 0.2) is 0 Å². The SMILES string of the molecule is C.CN1CC(C(=O)NCCC(C)(C)OCCC(C)(C)S)C(C(=O)NCCC(C)(C)OCC(C)(C)C)C1. The van der Waals surface area contributed by atoms with Gasteiger partial charge in [-0.2, -0.15) is 12.6 Å². The molecule has 0 aromatic rings. The molecule has 2 unspecified atom stereocenters. The van der Waals surface area contributed by atoms with Crippen molar-refractivity contribution in [3.8, 4) is 0 Å². The molecule has 0 saturated carbocycles. The van der Waals surface area contributed by atoms with Crippen molar-refractivity contribution < 1.29 is 19.1 Å². The monoisotopic (exact) mass is 531 g/mol. The van der Waals surface area contributed by atoms with Gasteiger partial charge in [-0.3, -0.25) is 9.59 Å². The number of likely N-dealkylation sites (tertiary alicyclic amines) is 1. The summed E-state index contributed by atoms with van der Waals surface area (Å²) in [7, 11) is 1.96. The second-order valence-corrected chi connectivity index (χ2v) is 14.5. The van der Waals surface area contributed by atoms with Gasteiger partial charge in [0, 0.05) is 37.5 Å². The second kappa shape index (κ2) is 14.4. The van der Waals surface area contributed by atoms with Gasteiger partial charge < -0.3 is 25.0 Å². The number of carbonyl (C=O) groups is 2. The summed E-state index contributed by atoms with van der Waals surface area (Å²) < 4.78 is 12.0. The third kappa shape index (κ3) is 14.8. The predicted octanol–water partition coefficient (Wildman–Crippen LogP) is 4.55. The van der Waals surface area contributed by atoms with Gasteiger partial charge in [0.2, 0.25) is 11.8 Å². The lowest BCUT2D eigenvalue weighted by molar-refractivity contribution is -0.133. The summed E-state index contributed by atoms with van der Waals surface area (Å²) in [5.74, 6) is -0.811. The molecule has 1 rings (SSSR count). The molecule has 2 atom stereocenters. The van der Waals surface area contributed by atoms with Crippen molar-refractivity contribution in [3.05, 3.63) is 0 Å². The summed E-state index contributed by atoms with van der Waals surface area (Å²) in [6.45, 7) is 22.3. The molecule has 0 spiro atoms. The minimum Gasteiger partial charge on any atom is -0.375 e.